The minimum Gasteiger partial charge on any atom is -0.389 e. The Labute approximate surface area is 143 Å². The van der Waals surface area contributed by atoms with E-state index >= 15 is 0 Å². The summed E-state index contributed by atoms with van der Waals surface area (Å²) in [5, 5.41) is 15.5. The van der Waals surface area contributed by atoms with E-state index < -0.39 is 5.60 Å². The number of nitrogens with zero attached hydrogens (tertiary/aromatic N) is 3. The van der Waals surface area contributed by atoms with Crippen LogP contribution in [0.1, 0.15) is 69.4 Å². The van der Waals surface area contributed by atoms with Crippen LogP contribution >= 0.6 is 0 Å². The first-order valence-electron chi connectivity index (χ1n) is 9.67. The van der Waals surface area contributed by atoms with Crippen LogP contribution in [0.5, 0.6) is 0 Å². The second-order valence-electron chi connectivity index (χ2n) is 8.10. The minimum absolute atomic E-state index is 0.00243. The van der Waals surface area contributed by atoms with Crippen LogP contribution in [0, 0.1) is 0 Å². The van der Waals surface area contributed by atoms with Gasteiger partial charge in [-0.05, 0) is 51.1 Å². The molecule has 1 atom stereocenters. The molecule has 0 bridgehead atoms. The third kappa shape index (κ3) is 3.57. The molecule has 1 aromatic rings. The molecule has 1 saturated heterocycles. The van der Waals surface area contributed by atoms with E-state index in [4.69, 9.17) is 0 Å². The molecule has 0 aromatic carbocycles. The molecule has 0 amide bonds. The Morgan fingerprint density at radius 1 is 1.12 bits per heavy atom. The maximum Gasteiger partial charge on any atom is 0.266 e. The molecule has 1 N–H and O–H groups in total. The van der Waals surface area contributed by atoms with E-state index in [0.29, 0.717) is 18.5 Å². The fourth-order valence-electron chi connectivity index (χ4n) is 4.45. The molecule has 5 nitrogen and oxygen atoms in total. The van der Waals surface area contributed by atoms with Gasteiger partial charge in [-0.1, -0.05) is 19.3 Å². The third-order valence-electron chi connectivity index (χ3n) is 6.05. The van der Waals surface area contributed by atoms with Crippen LogP contribution in [0.25, 0.3) is 0 Å². The lowest BCUT2D eigenvalue weighted by Crippen LogP contribution is -2.47. The molecule has 132 valence electrons. The molecular weight excluding hydrogens is 302 g/mol. The van der Waals surface area contributed by atoms with Crippen LogP contribution in [0.4, 0.5) is 0 Å². The van der Waals surface area contributed by atoms with Crippen molar-refractivity contribution in [3.8, 4) is 0 Å². The van der Waals surface area contributed by atoms with Gasteiger partial charge in [0.05, 0.1) is 17.8 Å². The highest BCUT2D eigenvalue weighted by Gasteiger charge is 2.36. The van der Waals surface area contributed by atoms with Crippen LogP contribution in [0.15, 0.2) is 16.9 Å². The monoisotopic (exact) mass is 331 g/mol. The van der Waals surface area contributed by atoms with Gasteiger partial charge in [0.25, 0.3) is 5.56 Å². The van der Waals surface area contributed by atoms with E-state index in [1.165, 1.54) is 19.3 Å². The Kier molecular flexibility index (Phi) is 4.48. The summed E-state index contributed by atoms with van der Waals surface area (Å²) < 4.78 is 1.67. The molecule has 5 heteroatoms. The molecule has 3 aliphatic rings. The predicted molar refractivity (Wildman–Crippen MR) is 93.1 cm³/mol. The van der Waals surface area contributed by atoms with Crippen molar-refractivity contribution in [2.75, 3.05) is 13.1 Å². The zero-order valence-electron chi connectivity index (χ0n) is 14.5. The summed E-state index contributed by atoms with van der Waals surface area (Å²) >= 11 is 0. The fourth-order valence-corrected chi connectivity index (χ4v) is 4.45. The second kappa shape index (κ2) is 6.60. The summed E-state index contributed by atoms with van der Waals surface area (Å²) in [6.45, 7) is 2.45. The molecule has 2 aliphatic carbocycles. The van der Waals surface area contributed by atoms with Crippen molar-refractivity contribution in [3.05, 3.63) is 28.2 Å². The average molecular weight is 331 g/mol. The van der Waals surface area contributed by atoms with Gasteiger partial charge in [-0.2, -0.15) is 5.10 Å². The van der Waals surface area contributed by atoms with Gasteiger partial charge in [0, 0.05) is 24.6 Å². The molecule has 4 rings (SSSR count). The summed E-state index contributed by atoms with van der Waals surface area (Å²) in [6.07, 6.45) is 10.0. The molecule has 1 aromatic heterocycles. The maximum absolute atomic E-state index is 12.2. The van der Waals surface area contributed by atoms with Gasteiger partial charge in [0.1, 0.15) is 0 Å². The molecule has 0 radical (unpaired) electrons. The number of hydrogen-bond donors (Lipinski definition) is 1. The highest BCUT2D eigenvalue weighted by molar-refractivity contribution is 5.12. The van der Waals surface area contributed by atoms with Crippen LogP contribution in [0.3, 0.4) is 0 Å². The van der Waals surface area contributed by atoms with Crippen LogP contribution < -0.4 is 5.56 Å². The van der Waals surface area contributed by atoms with Crippen LogP contribution in [-0.4, -0.2) is 44.5 Å². The Hall–Kier alpha value is -1.20. The summed E-state index contributed by atoms with van der Waals surface area (Å²) in [5.41, 5.74) is 0.558. The molecule has 24 heavy (non-hydrogen) atoms. The summed E-state index contributed by atoms with van der Waals surface area (Å²) in [5.74, 6) is 0.569. The first-order chi connectivity index (χ1) is 11.6. The first-order valence-corrected chi connectivity index (χ1v) is 9.67. The lowest BCUT2D eigenvalue weighted by atomic mass is 9.84. The normalized spacial score (nSPS) is 27.5. The van der Waals surface area contributed by atoms with E-state index in [2.05, 4.69) is 10.00 Å². The van der Waals surface area contributed by atoms with Crippen molar-refractivity contribution in [1.82, 2.24) is 14.7 Å². The SMILES string of the molecule is O=c1ccc(C2CC2)nn1CC1CCCN1CC1(O)CCCCC1. The average Bonchev–Trinajstić information content (AvgIpc) is 3.33. The van der Waals surface area contributed by atoms with E-state index in [1.54, 1.807) is 10.7 Å². The largest absolute Gasteiger partial charge is 0.389 e. The fraction of sp³-hybridized carbons (Fsp3) is 0.789. The molecule has 0 spiro atoms. The summed E-state index contributed by atoms with van der Waals surface area (Å²) in [6, 6.07) is 3.90. The van der Waals surface area contributed by atoms with Gasteiger partial charge < -0.3 is 5.11 Å². The summed E-state index contributed by atoms with van der Waals surface area (Å²) in [4.78, 5) is 14.6. The lowest BCUT2D eigenvalue weighted by molar-refractivity contribution is -0.0305. The second-order valence-corrected chi connectivity index (χ2v) is 8.10. The number of β-amino-alcohol motifs (C(OH)–C–C–N with tert-alkyl or cyclic N) is 1. The van der Waals surface area contributed by atoms with Gasteiger partial charge in [-0.3, -0.25) is 9.69 Å². The molecule has 1 unspecified atom stereocenters. The first kappa shape index (κ1) is 16.3. The highest BCUT2D eigenvalue weighted by atomic mass is 16.3. The maximum atomic E-state index is 12.2. The van der Waals surface area contributed by atoms with E-state index in [9.17, 15) is 9.90 Å². The summed E-state index contributed by atoms with van der Waals surface area (Å²) in [7, 11) is 0. The van der Waals surface area contributed by atoms with Crippen LogP contribution in [0.2, 0.25) is 0 Å². The Morgan fingerprint density at radius 2 is 1.92 bits per heavy atom. The van der Waals surface area contributed by atoms with Gasteiger partial charge in [0.15, 0.2) is 0 Å². The number of aliphatic hydroxyl groups is 1. The third-order valence-corrected chi connectivity index (χ3v) is 6.05. The standard InChI is InChI=1S/C19H29N3O2/c23-18-9-8-17(15-6-7-15)20-22(18)13-16-5-4-12-21(16)14-19(24)10-2-1-3-11-19/h8-9,15-16,24H,1-7,10-14H2. The van der Waals surface area contributed by atoms with Crippen molar-refractivity contribution >= 4 is 0 Å². The van der Waals surface area contributed by atoms with E-state index in [1.807, 2.05) is 6.07 Å². The van der Waals surface area contributed by atoms with Crippen molar-refractivity contribution in [2.24, 2.45) is 0 Å². The van der Waals surface area contributed by atoms with Crippen molar-refractivity contribution in [3.63, 3.8) is 0 Å². The van der Waals surface area contributed by atoms with Gasteiger partial charge in [-0.25, -0.2) is 4.68 Å². The van der Waals surface area contributed by atoms with Gasteiger partial charge >= 0.3 is 0 Å². The van der Waals surface area contributed by atoms with E-state index in [-0.39, 0.29) is 5.56 Å². The van der Waals surface area contributed by atoms with Crippen molar-refractivity contribution in [2.45, 2.75) is 81.9 Å². The number of likely N-dealkylation sites (tertiary alicyclic amines) is 1. The smallest absolute Gasteiger partial charge is 0.266 e. The lowest BCUT2D eigenvalue weighted by Gasteiger charge is -2.37. The number of rotatable bonds is 5. The van der Waals surface area contributed by atoms with Crippen LogP contribution in [-0.2, 0) is 6.54 Å². The topological polar surface area (TPSA) is 58.4 Å². The molecular formula is C19H29N3O2. The quantitative estimate of drug-likeness (QED) is 0.899. The molecule has 1 aliphatic heterocycles. The van der Waals surface area contributed by atoms with Crippen molar-refractivity contribution < 1.29 is 5.11 Å². The predicted octanol–water partition coefficient (Wildman–Crippen LogP) is 2.28. The minimum atomic E-state index is -0.519. The zero-order chi connectivity index (χ0) is 16.6. The van der Waals surface area contributed by atoms with Crippen molar-refractivity contribution in [1.29, 1.82) is 0 Å². The Bertz CT molecular complexity index is 632. The Balaban J connectivity index is 1.45. The van der Waals surface area contributed by atoms with Gasteiger partial charge in [0.2, 0.25) is 0 Å². The van der Waals surface area contributed by atoms with E-state index in [0.717, 1.165) is 57.3 Å². The highest BCUT2D eigenvalue weighted by Crippen LogP contribution is 2.38. The molecule has 2 saturated carbocycles. The Morgan fingerprint density at radius 3 is 2.67 bits per heavy atom. The molecule has 2 heterocycles. The zero-order valence-corrected chi connectivity index (χ0v) is 14.5. The number of aromatic nitrogens is 2. The molecule has 3 fully saturated rings. The van der Waals surface area contributed by atoms with Gasteiger partial charge in [-0.15, -0.1) is 0 Å². The number of hydrogen-bond acceptors (Lipinski definition) is 4.